The van der Waals surface area contributed by atoms with Gasteiger partial charge < -0.3 is 19.0 Å². The Morgan fingerprint density at radius 2 is 0.912 bits per heavy atom. The smallest absolute Gasteiger partial charge is 0.333 e. The minimum Gasteiger partial charge on any atom is -0.456 e. The summed E-state index contributed by atoms with van der Waals surface area (Å²) in [7, 11) is 0. The van der Waals surface area contributed by atoms with Crippen LogP contribution in [0.15, 0.2) is 253 Å². The lowest BCUT2D eigenvalue weighted by molar-refractivity contribution is 0.590. The molecule has 0 N–H and O–H groups in total. The van der Waals surface area contributed by atoms with Gasteiger partial charge in [0, 0.05) is 50.8 Å². The molecule has 0 aliphatic carbocycles. The van der Waals surface area contributed by atoms with Crippen LogP contribution in [0, 0.1) is 6.92 Å². The zero-order valence-corrected chi connectivity index (χ0v) is 46.5. The van der Waals surface area contributed by atoms with E-state index in [1.54, 1.807) is 0 Å². The highest BCUT2D eigenvalue weighted by Gasteiger charge is 2.47. The van der Waals surface area contributed by atoms with Gasteiger partial charge in [0.2, 0.25) is 0 Å². The van der Waals surface area contributed by atoms with Crippen molar-refractivity contribution >= 4 is 85.2 Å². The first kappa shape index (κ1) is 49.0. The van der Waals surface area contributed by atoms with Gasteiger partial charge in [0.1, 0.15) is 11.2 Å². The number of para-hydroxylation sites is 1. The van der Waals surface area contributed by atoms with Gasteiger partial charge >= 0.3 is 6.85 Å². The van der Waals surface area contributed by atoms with E-state index in [0.717, 1.165) is 78.6 Å². The van der Waals surface area contributed by atoms with Crippen molar-refractivity contribution in [1.82, 2.24) is 0 Å². The van der Waals surface area contributed by atoms with Gasteiger partial charge in [0.25, 0.3) is 0 Å². The van der Waals surface area contributed by atoms with Gasteiger partial charge in [0.15, 0.2) is 0 Å². The molecule has 0 saturated carbocycles. The van der Waals surface area contributed by atoms with E-state index >= 15 is 0 Å². The van der Waals surface area contributed by atoms with E-state index in [2.05, 4.69) is 312 Å². The summed E-state index contributed by atoms with van der Waals surface area (Å²) in [5.74, 6) is 0. The number of anilines is 8. The number of rotatable bonds is 8. The lowest BCUT2D eigenvalue weighted by atomic mass is 9.43. The van der Waals surface area contributed by atoms with Gasteiger partial charge in [-0.3, -0.25) is 0 Å². The Morgan fingerprint density at radius 1 is 0.400 bits per heavy atom. The number of hydrogen-bond acceptors (Lipinski definition) is 4. The Bertz CT molecular complexity index is 4250. The fourth-order valence-corrected chi connectivity index (χ4v) is 12.5. The molecule has 4 nitrogen and oxygen atoms in total. The lowest BCUT2D eigenvalue weighted by Gasteiger charge is -2.46. The fraction of sp³-hybridized carbons (Fsp3) is 0.120. The Morgan fingerprint density at radius 3 is 1.50 bits per heavy atom. The summed E-state index contributed by atoms with van der Waals surface area (Å²) in [5, 5.41) is 2.19. The van der Waals surface area contributed by atoms with Gasteiger partial charge in [-0.1, -0.05) is 211 Å². The summed E-state index contributed by atoms with van der Waals surface area (Å²) < 4.78 is 7.07. The summed E-state index contributed by atoms with van der Waals surface area (Å²) in [6.45, 7) is 15.7. The molecular formula is C75H62BN3O. The van der Waals surface area contributed by atoms with Crippen LogP contribution in [0.2, 0.25) is 0 Å². The standard InChI is InChI=1S/C75H62BN3O/c1-49-45-54(51-21-13-9-14-22-51)30-44-66(49)78-68-47-61(77(58-37-31-56(32-38-58)74(2,3)4)59-39-33-57(34-40-59)75(5,6)7)41-43-65(68)76-72-64(48-70-71(73(72)78)63-25-17-18-26-69(63)80-70)62-42-29-55(52-23-15-10-16-24-52)46-67(62)79(76)60-35-27-53(28-36-60)50-19-11-8-12-20-50/h8-48H,1-7H3. The molecule has 14 rings (SSSR count). The van der Waals surface area contributed by atoms with E-state index in [9.17, 15) is 0 Å². The predicted octanol–water partition coefficient (Wildman–Crippen LogP) is 19.7. The summed E-state index contributed by atoms with van der Waals surface area (Å²) in [6.07, 6.45) is 0. The maximum atomic E-state index is 7.07. The van der Waals surface area contributed by atoms with Gasteiger partial charge in [-0.2, -0.15) is 0 Å². The second-order valence-corrected chi connectivity index (χ2v) is 23.8. The number of hydrogen-bond donors (Lipinski definition) is 0. The molecule has 3 heterocycles. The Balaban J connectivity index is 1.09. The second kappa shape index (κ2) is 19.0. The largest absolute Gasteiger partial charge is 0.456 e. The van der Waals surface area contributed by atoms with Crippen LogP contribution in [0.3, 0.4) is 0 Å². The van der Waals surface area contributed by atoms with Crippen molar-refractivity contribution in [3.8, 4) is 44.5 Å². The summed E-state index contributed by atoms with van der Waals surface area (Å²) in [4.78, 5) is 7.66. The van der Waals surface area contributed by atoms with Crippen molar-refractivity contribution in [1.29, 1.82) is 0 Å². The fourth-order valence-electron chi connectivity index (χ4n) is 12.5. The van der Waals surface area contributed by atoms with Crippen LogP contribution in [0.4, 0.5) is 45.5 Å². The quantitative estimate of drug-likeness (QED) is 0.142. The van der Waals surface area contributed by atoms with Crippen molar-refractivity contribution < 1.29 is 4.42 Å². The highest BCUT2D eigenvalue weighted by Crippen LogP contribution is 2.53. The zero-order chi connectivity index (χ0) is 54.4. The Labute approximate surface area is 471 Å². The van der Waals surface area contributed by atoms with Crippen molar-refractivity contribution in [2.45, 2.75) is 59.3 Å². The average molecular weight is 1030 g/mol. The van der Waals surface area contributed by atoms with Crippen molar-refractivity contribution in [3.63, 3.8) is 0 Å². The van der Waals surface area contributed by atoms with Crippen LogP contribution < -0.4 is 25.5 Å². The summed E-state index contributed by atoms with van der Waals surface area (Å²) in [5.41, 5.74) is 26.2. The second-order valence-electron chi connectivity index (χ2n) is 23.8. The van der Waals surface area contributed by atoms with E-state index in [1.165, 1.54) is 61.0 Å². The van der Waals surface area contributed by atoms with Crippen LogP contribution in [-0.4, -0.2) is 6.85 Å². The Kier molecular flexibility index (Phi) is 11.6. The molecule has 0 atom stereocenters. The van der Waals surface area contributed by atoms with Crippen molar-refractivity contribution in [2.75, 3.05) is 14.6 Å². The molecule has 0 saturated heterocycles. The molecule has 1 aromatic heterocycles. The van der Waals surface area contributed by atoms with Crippen LogP contribution in [0.5, 0.6) is 0 Å². The van der Waals surface area contributed by atoms with Crippen LogP contribution in [0.1, 0.15) is 58.2 Å². The maximum absolute atomic E-state index is 7.07. The Hall–Kier alpha value is -9.32. The number of benzene rings is 11. The molecule has 0 amide bonds. The van der Waals surface area contributed by atoms with Crippen molar-refractivity contribution in [3.05, 3.63) is 265 Å². The minimum atomic E-state index is -0.256. The SMILES string of the molecule is Cc1cc(-c2ccccc2)ccc1N1c2cc(N(c3ccc(C(C)(C)C)cc3)c3ccc(C(C)(C)C)cc3)ccc2B2c3c(cc4oc5ccccc5c4c31)-c1ccc(-c3ccccc3)cc1N2c1ccc(-c2ccccc2)cc1. The van der Waals surface area contributed by atoms with E-state index in [0.29, 0.717) is 0 Å². The molecule has 0 unspecified atom stereocenters. The van der Waals surface area contributed by atoms with E-state index in [4.69, 9.17) is 4.42 Å². The molecular weight excluding hydrogens is 970 g/mol. The average Bonchev–Trinajstić information content (AvgIpc) is 3.93. The van der Waals surface area contributed by atoms with Gasteiger partial charge in [0.05, 0.1) is 11.1 Å². The first-order valence-corrected chi connectivity index (χ1v) is 28.1. The number of furan rings is 1. The third kappa shape index (κ3) is 8.30. The molecule has 12 aromatic rings. The molecule has 0 fully saturated rings. The monoisotopic (exact) mass is 1030 g/mol. The topological polar surface area (TPSA) is 22.9 Å². The normalized spacial score (nSPS) is 12.9. The van der Waals surface area contributed by atoms with Gasteiger partial charge in [-0.15, -0.1) is 0 Å². The maximum Gasteiger partial charge on any atom is 0.333 e. The third-order valence-corrected chi connectivity index (χ3v) is 16.7. The molecule has 2 aliphatic rings. The molecule has 0 bridgehead atoms. The molecule has 80 heavy (non-hydrogen) atoms. The molecule has 5 heteroatoms. The van der Waals surface area contributed by atoms with Crippen LogP contribution >= 0.6 is 0 Å². The molecule has 11 aromatic carbocycles. The number of fused-ring (bicyclic) bond motifs is 8. The van der Waals surface area contributed by atoms with E-state index < -0.39 is 0 Å². The molecule has 2 aliphatic heterocycles. The van der Waals surface area contributed by atoms with Crippen molar-refractivity contribution in [2.24, 2.45) is 0 Å². The van der Waals surface area contributed by atoms with Gasteiger partial charge in [-0.05, 0) is 163 Å². The highest BCUT2D eigenvalue weighted by atomic mass is 16.3. The van der Waals surface area contributed by atoms with E-state index in [-0.39, 0.29) is 17.7 Å². The zero-order valence-electron chi connectivity index (χ0n) is 46.5. The third-order valence-electron chi connectivity index (χ3n) is 16.7. The first-order chi connectivity index (χ1) is 38.9. The van der Waals surface area contributed by atoms with Gasteiger partial charge in [-0.25, -0.2) is 0 Å². The van der Waals surface area contributed by atoms with Crippen LogP contribution in [-0.2, 0) is 10.8 Å². The summed E-state index contributed by atoms with van der Waals surface area (Å²) >= 11 is 0. The molecule has 0 spiro atoms. The number of aryl methyl sites for hydroxylation is 1. The molecule has 0 radical (unpaired) electrons. The predicted molar refractivity (Wildman–Crippen MR) is 341 cm³/mol. The minimum absolute atomic E-state index is 0.00100. The molecule has 386 valence electrons. The first-order valence-electron chi connectivity index (χ1n) is 28.1. The lowest BCUT2D eigenvalue weighted by Crippen LogP contribution is -2.61. The highest BCUT2D eigenvalue weighted by molar-refractivity contribution is 6.94. The summed E-state index contributed by atoms with van der Waals surface area (Å²) in [6, 6.07) is 92.1. The number of nitrogens with zero attached hydrogens (tertiary/aromatic N) is 3. The van der Waals surface area contributed by atoms with Crippen LogP contribution in [0.25, 0.3) is 66.4 Å². The van der Waals surface area contributed by atoms with E-state index in [1.807, 2.05) is 0 Å².